The molecule has 5 nitrogen and oxygen atoms in total. The predicted octanol–water partition coefficient (Wildman–Crippen LogP) is 4.08. The highest BCUT2D eigenvalue weighted by atomic mass is 32.1. The molecular weight excluding hydrogens is 364 g/mol. The molecule has 1 aromatic carbocycles. The van der Waals surface area contributed by atoms with Crippen LogP contribution in [0.2, 0.25) is 0 Å². The van der Waals surface area contributed by atoms with Crippen molar-refractivity contribution >= 4 is 28.7 Å². The number of methoxy groups -OCH3 is 2. The molecule has 1 aromatic heterocycles. The molecule has 0 unspecified atom stereocenters. The molecule has 1 heterocycles. The standard InChI is InChI=1S/C21H22O5S/c1-4-26-21(23)20-16(15-12-14(24-2)7-8-18(15)25-3)10-13(11-17(20)22)19-6-5-9-27-19/h5-9,11-12,16,20H,4,10H2,1-3H3/t16-,20-/m0/s1. The summed E-state index contributed by atoms with van der Waals surface area (Å²) in [6.07, 6.45) is 2.12. The maximum atomic E-state index is 12.9. The van der Waals surface area contributed by atoms with Crippen molar-refractivity contribution in [3.8, 4) is 11.5 Å². The third kappa shape index (κ3) is 3.90. The third-order valence-electron chi connectivity index (χ3n) is 4.68. The van der Waals surface area contributed by atoms with Gasteiger partial charge in [0, 0.05) is 16.4 Å². The first kappa shape index (κ1) is 19.2. The number of hydrogen-bond donors (Lipinski definition) is 0. The highest BCUT2D eigenvalue weighted by molar-refractivity contribution is 7.11. The van der Waals surface area contributed by atoms with Gasteiger partial charge >= 0.3 is 5.97 Å². The minimum absolute atomic E-state index is 0.228. The van der Waals surface area contributed by atoms with Crippen LogP contribution < -0.4 is 9.47 Å². The zero-order chi connectivity index (χ0) is 19.4. The molecule has 0 amide bonds. The number of benzene rings is 1. The van der Waals surface area contributed by atoms with E-state index >= 15 is 0 Å². The van der Waals surface area contributed by atoms with E-state index in [9.17, 15) is 9.59 Å². The maximum Gasteiger partial charge on any atom is 0.317 e. The van der Waals surface area contributed by atoms with Crippen molar-refractivity contribution in [1.29, 1.82) is 0 Å². The lowest BCUT2D eigenvalue weighted by Crippen LogP contribution is -2.34. The van der Waals surface area contributed by atoms with Crippen molar-refractivity contribution in [2.75, 3.05) is 20.8 Å². The Morgan fingerprint density at radius 2 is 2.04 bits per heavy atom. The maximum absolute atomic E-state index is 12.9. The first-order valence-corrected chi connectivity index (χ1v) is 9.63. The van der Waals surface area contributed by atoms with E-state index in [1.165, 1.54) is 0 Å². The molecule has 0 N–H and O–H groups in total. The Morgan fingerprint density at radius 1 is 1.22 bits per heavy atom. The van der Waals surface area contributed by atoms with Crippen LogP contribution in [0.15, 0.2) is 41.8 Å². The Morgan fingerprint density at radius 3 is 2.67 bits per heavy atom. The normalized spacial score (nSPS) is 19.4. The van der Waals surface area contributed by atoms with Crippen LogP contribution in [0.1, 0.15) is 29.7 Å². The first-order valence-electron chi connectivity index (χ1n) is 8.75. The van der Waals surface area contributed by atoms with Gasteiger partial charge in [-0.25, -0.2) is 0 Å². The zero-order valence-corrected chi connectivity index (χ0v) is 16.4. The average molecular weight is 386 g/mol. The Bertz CT molecular complexity index is 853. The van der Waals surface area contributed by atoms with Crippen LogP contribution >= 0.6 is 11.3 Å². The van der Waals surface area contributed by atoms with Gasteiger partial charge in [-0.1, -0.05) is 6.07 Å². The second-order valence-corrected chi connectivity index (χ2v) is 7.15. The molecule has 0 aliphatic heterocycles. The second-order valence-electron chi connectivity index (χ2n) is 6.20. The number of ketones is 1. The lowest BCUT2D eigenvalue weighted by Gasteiger charge is -2.30. The topological polar surface area (TPSA) is 61.8 Å². The minimum atomic E-state index is -0.894. The highest BCUT2D eigenvalue weighted by Crippen LogP contribution is 2.45. The summed E-state index contributed by atoms with van der Waals surface area (Å²) in [6.45, 7) is 1.96. The SMILES string of the molecule is CCOC(=O)[C@@H]1C(=O)C=C(c2cccs2)C[C@H]1c1cc(OC)ccc1OC. The lowest BCUT2D eigenvalue weighted by molar-refractivity contribution is -0.151. The first-order chi connectivity index (χ1) is 13.1. The second kappa shape index (κ2) is 8.39. The van der Waals surface area contributed by atoms with Crippen LogP contribution in [0.4, 0.5) is 0 Å². The molecule has 0 radical (unpaired) electrons. The van der Waals surface area contributed by atoms with Crippen molar-refractivity contribution in [2.45, 2.75) is 19.3 Å². The summed E-state index contributed by atoms with van der Waals surface area (Å²) >= 11 is 1.57. The van der Waals surface area contributed by atoms with Gasteiger partial charge in [-0.2, -0.15) is 0 Å². The number of esters is 1. The molecule has 142 valence electrons. The Kier molecular flexibility index (Phi) is 5.96. The van der Waals surface area contributed by atoms with E-state index in [2.05, 4.69) is 0 Å². The van der Waals surface area contributed by atoms with Gasteiger partial charge in [0.05, 0.1) is 20.8 Å². The molecule has 3 rings (SSSR count). The van der Waals surface area contributed by atoms with Crippen molar-refractivity contribution in [1.82, 2.24) is 0 Å². The fourth-order valence-corrected chi connectivity index (χ4v) is 4.19. The smallest absolute Gasteiger partial charge is 0.317 e. The third-order valence-corrected chi connectivity index (χ3v) is 5.63. The van der Waals surface area contributed by atoms with Crippen molar-refractivity contribution < 1.29 is 23.8 Å². The van der Waals surface area contributed by atoms with Crippen LogP contribution in [0.3, 0.4) is 0 Å². The van der Waals surface area contributed by atoms with E-state index in [0.29, 0.717) is 17.9 Å². The van der Waals surface area contributed by atoms with Crippen molar-refractivity contribution in [3.63, 3.8) is 0 Å². The fourth-order valence-electron chi connectivity index (χ4n) is 3.44. The van der Waals surface area contributed by atoms with E-state index in [1.54, 1.807) is 50.7 Å². The summed E-state index contributed by atoms with van der Waals surface area (Å²) in [7, 11) is 3.16. The molecule has 0 saturated heterocycles. The predicted molar refractivity (Wildman–Crippen MR) is 104 cm³/mol. The quantitative estimate of drug-likeness (QED) is 0.553. The van der Waals surface area contributed by atoms with Crippen molar-refractivity contribution in [3.05, 3.63) is 52.2 Å². The van der Waals surface area contributed by atoms with Gasteiger partial charge in [0.15, 0.2) is 5.78 Å². The fraction of sp³-hybridized carbons (Fsp3) is 0.333. The average Bonchev–Trinajstić information content (AvgIpc) is 3.21. The van der Waals surface area contributed by atoms with Gasteiger partial charge in [0.25, 0.3) is 0 Å². The summed E-state index contributed by atoms with van der Waals surface area (Å²) in [5.41, 5.74) is 1.69. The number of hydrogen-bond acceptors (Lipinski definition) is 6. The summed E-state index contributed by atoms with van der Waals surface area (Å²) in [5.74, 6) is -0.751. The Balaban J connectivity index is 2.10. The van der Waals surface area contributed by atoms with Crippen LogP contribution in [0.5, 0.6) is 11.5 Å². The molecule has 1 aliphatic carbocycles. The molecule has 2 atom stereocenters. The summed E-state index contributed by atoms with van der Waals surface area (Å²) in [5, 5.41) is 1.97. The zero-order valence-electron chi connectivity index (χ0n) is 15.6. The van der Waals surface area contributed by atoms with Crippen molar-refractivity contribution in [2.24, 2.45) is 5.92 Å². The van der Waals surface area contributed by atoms with Gasteiger partial charge in [0.1, 0.15) is 17.4 Å². The van der Waals surface area contributed by atoms with E-state index < -0.39 is 11.9 Å². The molecule has 0 spiro atoms. The molecule has 0 saturated carbocycles. The van der Waals surface area contributed by atoms with Crippen LogP contribution in [0.25, 0.3) is 5.57 Å². The number of carbonyl (C=O) groups is 2. The molecular formula is C21H22O5S. The molecule has 27 heavy (non-hydrogen) atoms. The molecule has 6 heteroatoms. The summed E-state index contributed by atoms with van der Waals surface area (Å²) < 4.78 is 16.1. The van der Waals surface area contributed by atoms with Gasteiger partial charge in [-0.15, -0.1) is 11.3 Å². The number of carbonyl (C=O) groups excluding carboxylic acids is 2. The Labute approximate surface area is 162 Å². The molecule has 0 fully saturated rings. The number of thiophene rings is 1. The van der Waals surface area contributed by atoms with Crippen LogP contribution in [-0.4, -0.2) is 32.6 Å². The summed E-state index contributed by atoms with van der Waals surface area (Å²) in [4.78, 5) is 26.5. The molecule has 1 aliphatic rings. The molecule has 2 aromatic rings. The monoisotopic (exact) mass is 386 g/mol. The van der Waals surface area contributed by atoms with Gasteiger partial charge in [-0.3, -0.25) is 9.59 Å². The highest BCUT2D eigenvalue weighted by Gasteiger charge is 2.41. The summed E-state index contributed by atoms with van der Waals surface area (Å²) in [6, 6.07) is 9.35. The minimum Gasteiger partial charge on any atom is -0.497 e. The van der Waals surface area contributed by atoms with Gasteiger partial charge in [-0.05, 0) is 54.6 Å². The van der Waals surface area contributed by atoms with E-state index in [0.717, 1.165) is 16.0 Å². The van der Waals surface area contributed by atoms with Gasteiger partial charge < -0.3 is 14.2 Å². The van der Waals surface area contributed by atoms with Crippen LogP contribution in [-0.2, 0) is 14.3 Å². The largest absolute Gasteiger partial charge is 0.497 e. The van der Waals surface area contributed by atoms with Gasteiger partial charge in [0.2, 0.25) is 0 Å². The number of allylic oxidation sites excluding steroid dienone is 2. The van der Waals surface area contributed by atoms with E-state index in [1.807, 2.05) is 23.6 Å². The number of rotatable bonds is 6. The van der Waals surface area contributed by atoms with E-state index in [4.69, 9.17) is 14.2 Å². The Hall–Kier alpha value is -2.60. The van der Waals surface area contributed by atoms with E-state index in [-0.39, 0.29) is 18.3 Å². The lowest BCUT2D eigenvalue weighted by atomic mass is 9.74. The molecule has 0 bridgehead atoms. The van der Waals surface area contributed by atoms with Crippen LogP contribution in [0, 0.1) is 5.92 Å². The number of ether oxygens (including phenoxy) is 3.